The van der Waals surface area contributed by atoms with Crippen LogP contribution >= 0.6 is 11.8 Å². The van der Waals surface area contributed by atoms with Crippen molar-refractivity contribution in [2.45, 2.75) is 26.3 Å². The van der Waals surface area contributed by atoms with Crippen molar-refractivity contribution in [1.29, 1.82) is 0 Å². The molecule has 3 nitrogen and oxygen atoms in total. The SMILES string of the molecule is CSCCCNC(C)C(C)C(=O)O. The van der Waals surface area contributed by atoms with Gasteiger partial charge in [0.2, 0.25) is 0 Å². The minimum atomic E-state index is -0.732. The first kappa shape index (κ1) is 12.8. The zero-order chi connectivity index (χ0) is 10.3. The van der Waals surface area contributed by atoms with Gasteiger partial charge in [0.05, 0.1) is 5.92 Å². The molecule has 0 rings (SSSR count). The third kappa shape index (κ3) is 5.93. The van der Waals surface area contributed by atoms with Crippen LogP contribution in [0, 0.1) is 5.92 Å². The van der Waals surface area contributed by atoms with Gasteiger partial charge in [0.25, 0.3) is 0 Å². The third-order valence-electron chi connectivity index (χ3n) is 2.13. The number of hydrogen-bond donors (Lipinski definition) is 2. The highest BCUT2D eigenvalue weighted by Crippen LogP contribution is 2.02. The first-order valence-corrected chi connectivity index (χ1v) is 5.94. The molecular formula is C9H19NO2S. The lowest BCUT2D eigenvalue weighted by atomic mass is 10.0. The summed E-state index contributed by atoms with van der Waals surface area (Å²) in [5.41, 5.74) is 0. The first-order valence-electron chi connectivity index (χ1n) is 4.54. The fourth-order valence-electron chi connectivity index (χ4n) is 0.937. The molecule has 0 heterocycles. The number of nitrogens with one attached hydrogen (secondary N) is 1. The molecule has 0 amide bonds. The van der Waals surface area contributed by atoms with E-state index < -0.39 is 5.97 Å². The van der Waals surface area contributed by atoms with Crippen molar-refractivity contribution in [3.05, 3.63) is 0 Å². The standard InChI is InChI=1S/C9H19NO2S/c1-7(9(11)12)8(2)10-5-4-6-13-3/h7-8,10H,4-6H2,1-3H3,(H,11,12). The molecule has 2 atom stereocenters. The maximum Gasteiger partial charge on any atom is 0.307 e. The average molecular weight is 205 g/mol. The number of thioether (sulfide) groups is 1. The molecule has 2 unspecified atom stereocenters. The van der Waals surface area contributed by atoms with Gasteiger partial charge in [-0.1, -0.05) is 6.92 Å². The maximum absolute atomic E-state index is 10.6. The molecule has 0 spiro atoms. The minimum Gasteiger partial charge on any atom is -0.481 e. The lowest BCUT2D eigenvalue weighted by Crippen LogP contribution is -2.36. The third-order valence-corrected chi connectivity index (χ3v) is 2.83. The van der Waals surface area contributed by atoms with Crippen molar-refractivity contribution in [2.75, 3.05) is 18.6 Å². The van der Waals surface area contributed by atoms with Crippen LogP contribution in [0.5, 0.6) is 0 Å². The Labute approximate surface area is 84.3 Å². The van der Waals surface area contributed by atoms with E-state index in [9.17, 15) is 4.79 Å². The van der Waals surface area contributed by atoms with Crippen LogP contribution in [0.25, 0.3) is 0 Å². The van der Waals surface area contributed by atoms with Crippen molar-refractivity contribution >= 4 is 17.7 Å². The van der Waals surface area contributed by atoms with Crippen molar-refractivity contribution in [3.63, 3.8) is 0 Å². The summed E-state index contributed by atoms with van der Waals surface area (Å²) in [5.74, 6) is 0.0837. The van der Waals surface area contributed by atoms with Gasteiger partial charge in [-0.05, 0) is 31.9 Å². The second-order valence-electron chi connectivity index (χ2n) is 3.22. The molecule has 0 radical (unpaired) electrons. The fourth-order valence-corrected chi connectivity index (χ4v) is 1.37. The number of aliphatic carboxylic acids is 1. The molecule has 0 saturated carbocycles. The minimum absolute atomic E-state index is 0.0550. The van der Waals surface area contributed by atoms with Crippen molar-refractivity contribution < 1.29 is 9.90 Å². The summed E-state index contributed by atoms with van der Waals surface area (Å²) < 4.78 is 0. The zero-order valence-electron chi connectivity index (χ0n) is 8.54. The number of hydrogen-bond acceptors (Lipinski definition) is 3. The first-order chi connectivity index (χ1) is 6.09. The Bertz CT molecular complexity index is 153. The van der Waals surface area contributed by atoms with E-state index in [2.05, 4.69) is 11.6 Å². The quantitative estimate of drug-likeness (QED) is 0.617. The van der Waals surface area contributed by atoms with Crippen LogP contribution in [0.2, 0.25) is 0 Å². The molecule has 2 N–H and O–H groups in total. The van der Waals surface area contributed by atoms with Crippen LogP contribution in [-0.4, -0.2) is 35.7 Å². The summed E-state index contributed by atoms with van der Waals surface area (Å²) in [5, 5.41) is 11.9. The molecule has 4 heteroatoms. The molecule has 0 bridgehead atoms. The van der Waals surface area contributed by atoms with Crippen molar-refractivity contribution in [1.82, 2.24) is 5.32 Å². The van der Waals surface area contributed by atoms with Crippen molar-refractivity contribution in [3.8, 4) is 0 Å². The van der Waals surface area contributed by atoms with Crippen LogP contribution in [-0.2, 0) is 4.79 Å². The fraction of sp³-hybridized carbons (Fsp3) is 0.889. The summed E-state index contributed by atoms with van der Waals surface area (Å²) in [7, 11) is 0. The Morgan fingerprint density at radius 3 is 2.62 bits per heavy atom. The van der Waals surface area contributed by atoms with E-state index in [1.54, 1.807) is 6.92 Å². The Kier molecular flexibility index (Phi) is 7.09. The molecule has 0 aliphatic carbocycles. The second kappa shape index (κ2) is 7.21. The lowest BCUT2D eigenvalue weighted by molar-refractivity contribution is -0.141. The van der Waals surface area contributed by atoms with Gasteiger partial charge in [-0.2, -0.15) is 11.8 Å². The normalized spacial score (nSPS) is 15.3. The van der Waals surface area contributed by atoms with E-state index in [0.717, 1.165) is 18.7 Å². The van der Waals surface area contributed by atoms with Gasteiger partial charge in [-0.3, -0.25) is 4.79 Å². The highest BCUT2D eigenvalue weighted by atomic mass is 32.2. The summed E-state index contributed by atoms with van der Waals surface area (Å²) in [4.78, 5) is 10.6. The van der Waals surface area contributed by atoms with Crippen LogP contribution in [0.15, 0.2) is 0 Å². The molecule has 78 valence electrons. The monoisotopic (exact) mass is 205 g/mol. The summed E-state index contributed by atoms with van der Waals surface area (Å²) in [6.45, 7) is 4.55. The second-order valence-corrected chi connectivity index (χ2v) is 4.20. The Balaban J connectivity index is 3.50. The average Bonchev–Trinajstić information content (AvgIpc) is 2.10. The molecule has 0 aliphatic rings. The number of carboxylic acids is 1. The molecule has 0 aliphatic heterocycles. The Hall–Kier alpha value is -0.220. The van der Waals surface area contributed by atoms with Gasteiger partial charge in [-0.25, -0.2) is 0 Å². The maximum atomic E-state index is 10.6. The largest absolute Gasteiger partial charge is 0.481 e. The van der Waals surface area contributed by atoms with Gasteiger partial charge in [0.15, 0.2) is 0 Å². The van der Waals surface area contributed by atoms with Gasteiger partial charge >= 0.3 is 5.97 Å². The van der Waals surface area contributed by atoms with E-state index in [-0.39, 0.29) is 12.0 Å². The Morgan fingerprint density at radius 1 is 1.54 bits per heavy atom. The highest BCUT2D eigenvalue weighted by molar-refractivity contribution is 7.98. The molecule has 13 heavy (non-hydrogen) atoms. The number of rotatable bonds is 7. The van der Waals surface area contributed by atoms with E-state index in [1.165, 1.54) is 0 Å². The van der Waals surface area contributed by atoms with Gasteiger partial charge in [-0.15, -0.1) is 0 Å². The van der Waals surface area contributed by atoms with E-state index in [1.807, 2.05) is 18.7 Å². The zero-order valence-corrected chi connectivity index (χ0v) is 9.36. The molecule has 0 fully saturated rings. The van der Waals surface area contributed by atoms with Crippen LogP contribution in [0.3, 0.4) is 0 Å². The predicted octanol–water partition coefficient (Wildman–Crippen LogP) is 1.44. The van der Waals surface area contributed by atoms with E-state index in [4.69, 9.17) is 5.11 Å². The van der Waals surface area contributed by atoms with Crippen molar-refractivity contribution in [2.24, 2.45) is 5.92 Å². The molecule has 0 saturated heterocycles. The number of carboxylic acid groups (broad SMARTS) is 1. The van der Waals surface area contributed by atoms with Crippen LogP contribution in [0.1, 0.15) is 20.3 Å². The highest BCUT2D eigenvalue weighted by Gasteiger charge is 2.17. The predicted molar refractivity (Wildman–Crippen MR) is 57.3 cm³/mol. The van der Waals surface area contributed by atoms with Gasteiger partial charge < -0.3 is 10.4 Å². The van der Waals surface area contributed by atoms with E-state index in [0.29, 0.717) is 0 Å². The smallest absolute Gasteiger partial charge is 0.307 e. The lowest BCUT2D eigenvalue weighted by Gasteiger charge is -2.17. The summed E-state index contributed by atoms with van der Waals surface area (Å²) >= 11 is 1.81. The summed E-state index contributed by atoms with van der Waals surface area (Å²) in [6, 6.07) is 0.0550. The topological polar surface area (TPSA) is 49.3 Å². The van der Waals surface area contributed by atoms with Gasteiger partial charge in [0, 0.05) is 6.04 Å². The summed E-state index contributed by atoms with van der Waals surface area (Å²) in [6.07, 6.45) is 3.17. The molecule has 0 aromatic rings. The molecule has 0 aromatic carbocycles. The number of carbonyl (C=O) groups is 1. The molecule has 0 aromatic heterocycles. The van der Waals surface area contributed by atoms with Crippen LogP contribution in [0.4, 0.5) is 0 Å². The van der Waals surface area contributed by atoms with E-state index >= 15 is 0 Å². The van der Waals surface area contributed by atoms with Gasteiger partial charge in [0.1, 0.15) is 0 Å². The Morgan fingerprint density at radius 2 is 2.15 bits per heavy atom. The van der Waals surface area contributed by atoms with Crippen LogP contribution < -0.4 is 5.32 Å². The molecular weight excluding hydrogens is 186 g/mol.